The summed E-state index contributed by atoms with van der Waals surface area (Å²) in [7, 11) is 4.01. The standard InChI is InChI=1S/C13H22N2O2/c1-14-8-7-11(9-14)15(2)13(17)10-3-5-12(16)6-4-10/h10-11H,3-9H2,1-2H3. The van der Waals surface area contributed by atoms with E-state index in [1.54, 1.807) is 0 Å². The molecule has 0 aromatic heterocycles. The molecular weight excluding hydrogens is 216 g/mol. The maximum absolute atomic E-state index is 12.3. The van der Waals surface area contributed by atoms with Crippen LogP contribution >= 0.6 is 0 Å². The molecule has 0 spiro atoms. The third kappa shape index (κ3) is 2.86. The molecule has 2 aliphatic rings. The number of nitrogens with zero attached hydrogens (tertiary/aromatic N) is 2. The summed E-state index contributed by atoms with van der Waals surface area (Å²) in [5.74, 6) is 0.652. The largest absolute Gasteiger partial charge is 0.341 e. The van der Waals surface area contributed by atoms with Gasteiger partial charge in [0, 0.05) is 38.4 Å². The number of carbonyl (C=O) groups excluding carboxylic acids is 2. The van der Waals surface area contributed by atoms with Crippen molar-refractivity contribution in [1.29, 1.82) is 0 Å². The molecule has 1 amide bonds. The number of amides is 1. The quantitative estimate of drug-likeness (QED) is 0.718. The molecule has 96 valence electrons. The summed E-state index contributed by atoms with van der Waals surface area (Å²) in [5.41, 5.74) is 0. The topological polar surface area (TPSA) is 40.6 Å². The van der Waals surface area contributed by atoms with Crippen molar-refractivity contribution in [3.63, 3.8) is 0 Å². The fourth-order valence-corrected chi connectivity index (χ4v) is 2.88. The van der Waals surface area contributed by atoms with Crippen molar-refractivity contribution in [3.8, 4) is 0 Å². The van der Waals surface area contributed by atoms with Crippen LogP contribution in [0, 0.1) is 5.92 Å². The Morgan fingerprint density at radius 3 is 2.47 bits per heavy atom. The summed E-state index contributed by atoms with van der Waals surface area (Å²) in [6.45, 7) is 2.05. The molecule has 1 saturated carbocycles. The number of hydrogen-bond donors (Lipinski definition) is 0. The van der Waals surface area contributed by atoms with Crippen molar-refractivity contribution in [2.24, 2.45) is 5.92 Å². The Bertz CT molecular complexity index is 307. The molecule has 2 rings (SSSR count). The van der Waals surface area contributed by atoms with Crippen LogP contribution in [0.3, 0.4) is 0 Å². The molecule has 1 unspecified atom stereocenters. The van der Waals surface area contributed by atoms with E-state index in [2.05, 4.69) is 11.9 Å². The first kappa shape index (κ1) is 12.6. The van der Waals surface area contributed by atoms with Gasteiger partial charge in [0.2, 0.25) is 5.91 Å². The Balaban J connectivity index is 1.88. The zero-order valence-corrected chi connectivity index (χ0v) is 10.8. The van der Waals surface area contributed by atoms with Crippen molar-refractivity contribution in [3.05, 3.63) is 0 Å². The predicted octanol–water partition coefficient (Wildman–Crippen LogP) is 0.908. The summed E-state index contributed by atoms with van der Waals surface area (Å²) in [6.07, 6.45) is 3.77. The van der Waals surface area contributed by atoms with Gasteiger partial charge < -0.3 is 9.80 Å². The Kier molecular flexibility index (Phi) is 3.82. The molecule has 1 saturated heterocycles. The Hall–Kier alpha value is -0.900. The van der Waals surface area contributed by atoms with Gasteiger partial charge in [-0.3, -0.25) is 9.59 Å². The Labute approximate surface area is 103 Å². The molecule has 0 radical (unpaired) electrons. The molecule has 4 nitrogen and oxygen atoms in total. The molecule has 2 fully saturated rings. The molecule has 0 bridgehead atoms. The molecule has 17 heavy (non-hydrogen) atoms. The van der Waals surface area contributed by atoms with Gasteiger partial charge in [-0.2, -0.15) is 0 Å². The smallest absolute Gasteiger partial charge is 0.225 e. The average Bonchev–Trinajstić information content (AvgIpc) is 2.75. The van der Waals surface area contributed by atoms with Crippen LogP contribution in [0.2, 0.25) is 0 Å². The van der Waals surface area contributed by atoms with Gasteiger partial charge in [-0.05, 0) is 32.9 Å². The molecule has 1 aliphatic heterocycles. The Morgan fingerprint density at radius 1 is 1.29 bits per heavy atom. The summed E-state index contributed by atoms with van der Waals surface area (Å²) in [4.78, 5) is 27.6. The van der Waals surface area contributed by atoms with E-state index in [0.717, 1.165) is 32.4 Å². The number of likely N-dealkylation sites (tertiary alicyclic amines) is 1. The van der Waals surface area contributed by atoms with Crippen LogP contribution in [-0.2, 0) is 9.59 Å². The normalized spacial score (nSPS) is 27.4. The summed E-state index contributed by atoms with van der Waals surface area (Å²) < 4.78 is 0. The van der Waals surface area contributed by atoms with Crippen LogP contribution in [0.4, 0.5) is 0 Å². The number of Topliss-reactive ketones (excluding diaryl/α,β-unsaturated/α-hetero) is 1. The second-order valence-electron chi connectivity index (χ2n) is 5.47. The Morgan fingerprint density at radius 2 is 1.94 bits per heavy atom. The zero-order chi connectivity index (χ0) is 12.4. The lowest BCUT2D eigenvalue weighted by Crippen LogP contribution is -2.42. The number of hydrogen-bond acceptors (Lipinski definition) is 3. The molecule has 0 aromatic rings. The molecule has 4 heteroatoms. The van der Waals surface area contributed by atoms with Gasteiger partial charge in [0.05, 0.1) is 0 Å². The summed E-state index contributed by atoms with van der Waals surface area (Å²) in [6, 6.07) is 0.366. The molecular formula is C13H22N2O2. The minimum absolute atomic E-state index is 0.0867. The highest BCUT2D eigenvalue weighted by Crippen LogP contribution is 2.25. The van der Waals surface area contributed by atoms with Gasteiger partial charge in [0.15, 0.2) is 0 Å². The average molecular weight is 238 g/mol. The van der Waals surface area contributed by atoms with Crippen molar-refractivity contribution < 1.29 is 9.59 Å². The van der Waals surface area contributed by atoms with Crippen molar-refractivity contribution in [2.75, 3.05) is 27.2 Å². The van der Waals surface area contributed by atoms with Crippen LogP contribution < -0.4 is 0 Å². The highest BCUT2D eigenvalue weighted by Gasteiger charge is 2.32. The fraction of sp³-hybridized carbons (Fsp3) is 0.846. The predicted molar refractivity (Wildman–Crippen MR) is 65.6 cm³/mol. The maximum Gasteiger partial charge on any atom is 0.225 e. The number of rotatable bonds is 2. The first-order chi connectivity index (χ1) is 8.08. The van der Waals surface area contributed by atoms with Crippen molar-refractivity contribution in [2.45, 2.75) is 38.1 Å². The van der Waals surface area contributed by atoms with Gasteiger partial charge in [-0.15, -0.1) is 0 Å². The van der Waals surface area contributed by atoms with Gasteiger partial charge in [0.1, 0.15) is 5.78 Å². The van der Waals surface area contributed by atoms with E-state index < -0.39 is 0 Å². The lowest BCUT2D eigenvalue weighted by atomic mass is 9.87. The van der Waals surface area contributed by atoms with Crippen molar-refractivity contribution >= 4 is 11.7 Å². The third-order valence-corrected chi connectivity index (χ3v) is 4.15. The first-order valence-electron chi connectivity index (χ1n) is 6.55. The second-order valence-corrected chi connectivity index (χ2v) is 5.47. The highest BCUT2D eigenvalue weighted by atomic mass is 16.2. The highest BCUT2D eigenvalue weighted by molar-refractivity contribution is 5.84. The molecule has 1 atom stereocenters. The van der Waals surface area contributed by atoms with Gasteiger partial charge >= 0.3 is 0 Å². The lowest BCUT2D eigenvalue weighted by Gasteiger charge is -2.30. The van der Waals surface area contributed by atoms with E-state index >= 15 is 0 Å². The SMILES string of the molecule is CN1CCC(N(C)C(=O)C2CCC(=O)CC2)C1. The minimum Gasteiger partial charge on any atom is -0.341 e. The van der Waals surface area contributed by atoms with Crippen molar-refractivity contribution in [1.82, 2.24) is 9.80 Å². The monoisotopic (exact) mass is 238 g/mol. The number of likely N-dealkylation sites (N-methyl/N-ethyl adjacent to an activating group) is 2. The van der Waals surface area contributed by atoms with Gasteiger partial charge in [-0.1, -0.05) is 0 Å². The molecule has 1 aliphatic carbocycles. The van der Waals surface area contributed by atoms with Crippen LogP contribution in [0.15, 0.2) is 0 Å². The van der Waals surface area contributed by atoms with E-state index in [4.69, 9.17) is 0 Å². The van der Waals surface area contributed by atoms with Crippen LogP contribution in [-0.4, -0.2) is 54.7 Å². The van der Waals surface area contributed by atoms with Crippen LogP contribution in [0.25, 0.3) is 0 Å². The van der Waals surface area contributed by atoms with Gasteiger partial charge in [-0.25, -0.2) is 0 Å². The summed E-state index contributed by atoms with van der Waals surface area (Å²) in [5, 5.41) is 0. The first-order valence-corrected chi connectivity index (χ1v) is 6.55. The summed E-state index contributed by atoms with van der Waals surface area (Å²) >= 11 is 0. The zero-order valence-electron chi connectivity index (χ0n) is 10.8. The van der Waals surface area contributed by atoms with E-state index in [-0.39, 0.29) is 11.8 Å². The molecule has 0 aromatic carbocycles. The van der Waals surface area contributed by atoms with Crippen LogP contribution in [0.1, 0.15) is 32.1 Å². The second kappa shape index (κ2) is 5.17. The van der Waals surface area contributed by atoms with Crippen LogP contribution in [0.5, 0.6) is 0 Å². The van der Waals surface area contributed by atoms with E-state index in [0.29, 0.717) is 24.7 Å². The number of ketones is 1. The molecule has 0 N–H and O–H groups in total. The van der Waals surface area contributed by atoms with Gasteiger partial charge in [0.25, 0.3) is 0 Å². The fourth-order valence-electron chi connectivity index (χ4n) is 2.88. The van der Waals surface area contributed by atoms with E-state index in [1.807, 2.05) is 11.9 Å². The minimum atomic E-state index is 0.0867. The molecule has 1 heterocycles. The third-order valence-electron chi connectivity index (χ3n) is 4.15. The maximum atomic E-state index is 12.3. The van der Waals surface area contributed by atoms with E-state index in [1.165, 1.54) is 0 Å². The van der Waals surface area contributed by atoms with E-state index in [9.17, 15) is 9.59 Å². The lowest BCUT2D eigenvalue weighted by molar-refractivity contribution is -0.138. The number of carbonyl (C=O) groups is 2.